The molecule has 116 valence electrons. The Hall–Kier alpha value is -2.28. The highest BCUT2D eigenvalue weighted by molar-refractivity contribution is 5.92. The number of nitrogens with zero attached hydrogens (tertiary/aromatic N) is 6. The zero-order valence-corrected chi connectivity index (χ0v) is 12.9. The van der Waals surface area contributed by atoms with E-state index in [4.69, 9.17) is 0 Å². The fourth-order valence-corrected chi connectivity index (χ4v) is 2.62. The third kappa shape index (κ3) is 2.85. The van der Waals surface area contributed by atoms with Crippen LogP contribution in [-0.2, 0) is 0 Å². The predicted octanol–water partition coefficient (Wildman–Crippen LogP) is 0.748. The van der Waals surface area contributed by atoms with Crippen molar-refractivity contribution in [2.24, 2.45) is 0 Å². The third-order valence-corrected chi connectivity index (χ3v) is 4.05. The lowest BCUT2D eigenvalue weighted by Gasteiger charge is -2.33. The zero-order chi connectivity index (χ0) is 15.5. The molecular weight excluding hydrogens is 280 g/mol. The van der Waals surface area contributed by atoms with Crippen LogP contribution in [0.25, 0.3) is 5.82 Å². The second-order valence-electron chi connectivity index (χ2n) is 5.35. The molecule has 7 nitrogen and oxygen atoms in total. The topological polar surface area (TPSA) is 67.2 Å². The molecule has 1 aliphatic rings. The Kier molecular flexibility index (Phi) is 4.15. The van der Waals surface area contributed by atoms with Crippen molar-refractivity contribution in [2.45, 2.75) is 13.8 Å². The maximum absolute atomic E-state index is 12.4. The van der Waals surface area contributed by atoms with E-state index in [1.807, 2.05) is 22.6 Å². The molecule has 0 radical (unpaired) electrons. The van der Waals surface area contributed by atoms with Crippen LogP contribution in [0, 0.1) is 6.92 Å². The number of likely N-dealkylation sites (N-methyl/N-ethyl adjacent to an activating group) is 1. The molecule has 3 rings (SSSR count). The lowest BCUT2D eigenvalue weighted by Crippen LogP contribution is -2.48. The number of imidazole rings is 1. The van der Waals surface area contributed by atoms with E-state index in [1.165, 1.54) is 0 Å². The van der Waals surface area contributed by atoms with Crippen molar-refractivity contribution in [3.63, 3.8) is 0 Å². The Balaban J connectivity index is 1.70. The zero-order valence-electron chi connectivity index (χ0n) is 12.9. The van der Waals surface area contributed by atoms with Crippen LogP contribution in [-0.4, -0.2) is 68.2 Å². The summed E-state index contributed by atoms with van der Waals surface area (Å²) in [6.45, 7) is 8.39. The van der Waals surface area contributed by atoms with Crippen molar-refractivity contribution in [1.82, 2.24) is 29.5 Å². The van der Waals surface area contributed by atoms with Crippen LogP contribution in [0.15, 0.2) is 24.5 Å². The molecule has 0 saturated carbocycles. The van der Waals surface area contributed by atoms with E-state index in [0.717, 1.165) is 38.5 Å². The van der Waals surface area contributed by atoms with Gasteiger partial charge in [0.25, 0.3) is 5.91 Å². The Labute approximate surface area is 129 Å². The Morgan fingerprint density at radius 2 is 1.95 bits per heavy atom. The minimum absolute atomic E-state index is 0.0443. The largest absolute Gasteiger partial charge is 0.335 e. The normalized spacial score (nSPS) is 16.0. The maximum Gasteiger partial charge on any atom is 0.274 e. The van der Waals surface area contributed by atoms with E-state index in [9.17, 15) is 4.79 Å². The number of hydrogen-bond donors (Lipinski definition) is 0. The van der Waals surface area contributed by atoms with E-state index in [1.54, 1.807) is 18.3 Å². The molecule has 0 N–H and O–H groups in total. The number of rotatable bonds is 3. The molecule has 0 aromatic carbocycles. The molecule has 22 heavy (non-hydrogen) atoms. The molecule has 2 aromatic rings. The van der Waals surface area contributed by atoms with Crippen molar-refractivity contribution in [2.75, 3.05) is 32.7 Å². The molecule has 1 amide bonds. The van der Waals surface area contributed by atoms with Crippen molar-refractivity contribution < 1.29 is 4.79 Å². The second-order valence-corrected chi connectivity index (χ2v) is 5.35. The second kappa shape index (κ2) is 6.23. The van der Waals surface area contributed by atoms with Crippen LogP contribution < -0.4 is 0 Å². The number of amides is 1. The SMILES string of the molecule is CCN1CCN(C(=O)c2ccc(-n3ccnc3C)nn2)CC1. The summed E-state index contributed by atoms with van der Waals surface area (Å²) in [6.07, 6.45) is 3.54. The van der Waals surface area contributed by atoms with Crippen LogP contribution in [0.5, 0.6) is 0 Å². The Bertz CT molecular complexity index is 642. The molecule has 0 atom stereocenters. The summed E-state index contributed by atoms with van der Waals surface area (Å²) >= 11 is 0. The van der Waals surface area contributed by atoms with Gasteiger partial charge < -0.3 is 9.80 Å². The summed E-state index contributed by atoms with van der Waals surface area (Å²) < 4.78 is 1.83. The number of carbonyl (C=O) groups excluding carboxylic acids is 1. The average Bonchev–Trinajstić information content (AvgIpc) is 3.00. The van der Waals surface area contributed by atoms with Gasteiger partial charge in [-0.3, -0.25) is 9.36 Å². The van der Waals surface area contributed by atoms with E-state index >= 15 is 0 Å². The monoisotopic (exact) mass is 300 g/mol. The molecule has 7 heteroatoms. The molecule has 3 heterocycles. The molecular formula is C15H20N6O. The van der Waals surface area contributed by atoms with Gasteiger partial charge in [0.15, 0.2) is 11.5 Å². The highest BCUT2D eigenvalue weighted by atomic mass is 16.2. The van der Waals surface area contributed by atoms with Gasteiger partial charge >= 0.3 is 0 Å². The van der Waals surface area contributed by atoms with Gasteiger partial charge in [-0.1, -0.05) is 6.92 Å². The molecule has 1 saturated heterocycles. The highest BCUT2D eigenvalue weighted by Crippen LogP contribution is 2.09. The minimum atomic E-state index is -0.0443. The van der Waals surface area contributed by atoms with Crippen molar-refractivity contribution in [3.05, 3.63) is 36.0 Å². The molecule has 0 spiro atoms. The van der Waals surface area contributed by atoms with Crippen molar-refractivity contribution >= 4 is 5.91 Å². The molecule has 0 bridgehead atoms. The first kappa shape index (κ1) is 14.6. The van der Waals surface area contributed by atoms with Gasteiger partial charge in [0.1, 0.15) is 5.82 Å². The van der Waals surface area contributed by atoms with Gasteiger partial charge in [-0.2, -0.15) is 0 Å². The smallest absolute Gasteiger partial charge is 0.274 e. The maximum atomic E-state index is 12.4. The van der Waals surface area contributed by atoms with Crippen molar-refractivity contribution in [1.29, 1.82) is 0 Å². The molecule has 1 fully saturated rings. The van der Waals surface area contributed by atoms with Gasteiger partial charge in [0.2, 0.25) is 0 Å². The summed E-state index contributed by atoms with van der Waals surface area (Å²) in [4.78, 5) is 20.8. The summed E-state index contributed by atoms with van der Waals surface area (Å²) in [5.74, 6) is 1.46. The van der Waals surface area contributed by atoms with E-state index in [-0.39, 0.29) is 5.91 Å². The molecule has 2 aromatic heterocycles. The fourth-order valence-electron chi connectivity index (χ4n) is 2.62. The Morgan fingerprint density at radius 1 is 1.18 bits per heavy atom. The fraction of sp³-hybridized carbons (Fsp3) is 0.467. The summed E-state index contributed by atoms with van der Waals surface area (Å²) in [5, 5.41) is 8.23. The standard InChI is InChI=1S/C15H20N6O/c1-3-19-8-10-20(11-9-19)15(22)13-4-5-14(18-17-13)21-7-6-16-12(21)2/h4-7H,3,8-11H2,1-2H3. The number of piperazine rings is 1. The van der Waals surface area contributed by atoms with Crippen LogP contribution in [0.1, 0.15) is 23.2 Å². The van der Waals surface area contributed by atoms with E-state index in [2.05, 4.69) is 27.0 Å². The van der Waals surface area contributed by atoms with Gasteiger partial charge in [-0.15, -0.1) is 10.2 Å². The van der Waals surface area contributed by atoms with E-state index < -0.39 is 0 Å². The lowest BCUT2D eigenvalue weighted by atomic mass is 10.2. The number of hydrogen-bond acceptors (Lipinski definition) is 5. The van der Waals surface area contributed by atoms with Gasteiger partial charge in [-0.25, -0.2) is 4.98 Å². The van der Waals surface area contributed by atoms with Crippen molar-refractivity contribution in [3.8, 4) is 5.82 Å². The third-order valence-electron chi connectivity index (χ3n) is 4.05. The molecule has 0 aliphatic carbocycles. The first-order valence-corrected chi connectivity index (χ1v) is 7.54. The molecule has 0 unspecified atom stereocenters. The predicted molar refractivity (Wildman–Crippen MR) is 81.9 cm³/mol. The van der Waals surface area contributed by atoms with Gasteiger partial charge in [-0.05, 0) is 25.6 Å². The summed E-state index contributed by atoms with van der Waals surface area (Å²) in [5.41, 5.74) is 0.395. The number of carbonyl (C=O) groups is 1. The number of aromatic nitrogens is 4. The minimum Gasteiger partial charge on any atom is -0.335 e. The average molecular weight is 300 g/mol. The van der Waals surface area contributed by atoms with Crippen LogP contribution in [0.2, 0.25) is 0 Å². The van der Waals surface area contributed by atoms with Gasteiger partial charge in [0.05, 0.1) is 0 Å². The van der Waals surface area contributed by atoms with Crippen LogP contribution in [0.4, 0.5) is 0 Å². The lowest BCUT2D eigenvalue weighted by molar-refractivity contribution is 0.0636. The summed E-state index contributed by atoms with van der Waals surface area (Å²) in [7, 11) is 0. The number of aryl methyl sites for hydroxylation is 1. The first-order chi connectivity index (χ1) is 10.7. The highest BCUT2D eigenvalue weighted by Gasteiger charge is 2.22. The first-order valence-electron chi connectivity index (χ1n) is 7.54. The Morgan fingerprint density at radius 3 is 2.50 bits per heavy atom. The van der Waals surface area contributed by atoms with Crippen LogP contribution in [0.3, 0.4) is 0 Å². The van der Waals surface area contributed by atoms with Gasteiger partial charge in [0, 0.05) is 38.6 Å². The molecule has 1 aliphatic heterocycles. The van der Waals surface area contributed by atoms with E-state index in [0.29, 0.717) is 11.5 Å². The summed E-state index contributed by atoms with van der Waals surface area (Å²) in [6, 6.07) is 3.54. The van der Waals surface area contributed by atoms with Crippen LogP contribution >= 0.6 is 0 Å². The quantitative estimate of drug-likeness (QED) is 0.837.